The van der Waals surface area contributed by atoms with Gasteiger partial charge in [-0.15, -0.1) is 0 Å². The molecule has 0 bridgehead atoms. The van der Waals surface area contributed by atoms with Crippen molar-refractivity contribution in [3.8, 4) is 11.4 Å². The Labute approximate surface area is 149 Å². The Morgan fingerprint density at radius 2 is 2.04 bits per heavy atom. The van der Waals surface area contributed by atoms with Crippen molar-refractivity contribution in [2.75, 3.05) is 0 Å². The zero-order chi connectivity index (χ0) is 18.1. The number of aromatic nitrogens is 4. The minimum Gasteiger partial charge on any atom is -0.349 e. The van der Waals surface area contributed by atoms with Crippen LogP contribution in [0.2, 0.25) is 0 Å². The van der Waals surface area contributed by atoms with Crippen molar-refractivity contribution in [1.29, 1.82) is 0 Å². The van der Waals surface area contributed by atoms with Gasteiger partial charge in [0, 0.05) is 23.5 Å². The van der Waals surface area contributed by atoms with E-state index >= 15 is 0 Å². The molecule has 3 aromatic rings. The number of nitrogens with zero attached hydrogens (tertiary/aromatic N) is 2. The summed E-state index contributed by atoms with van der Waals surface area (Å²) in [7, 11) is 0. The molecule has 132 valence electrons. The molecule has 3 N–H and O–H groups in total. The van der Waals surface area contributed by atoms with Gasteiger partial charge in [-0.3, -0.25) is 14.7 Å². The SMILES string of the molecule is Cc1ccc(-c2ncc(C(=O)NC3CCc4[nH]ncc4C3)c(=O)[nH]2)cc1. The van der Waals surface area contributed by atoms with Gasteiger partial charge in [-0.2, -0.15) is 5.10 Å². The van der Waals surface area contributed by atoms with E-state index in [1.54, 1.807) is 6.20 Å². The van der Waals surface area contributed by atoms with Gasteiger partial charge in [0.2, 0.25) is 0 Å². The maximum Gasteiger partial charge on any atom is 0.264 e. The zero-order valence-electron chi connectivity index (χ0n) is 14.4. The first-order valence-corrected chi connectivity index (χ1v) is 8.58. The van der Waals surface area contributed by atoms with Gasteiger partial charge in [-0.05, 0) is 31.7 Å². The van der Waals surface area contributed by atoms with Crippen LogP contribution >= 0.6 is 0 Å². The van der Waals surface area contributed by atoms with E-state index in [0.29, 0.717) is 12.2 Å². The number of aryl methyl sites for hydroxylation is 2. The average Bonchev–Trinajstić information content (AvgIpc) is 3.10. The zero-order valence-corrected chi connectivity index (χ0v) is 14.4. The third kappa shape index (κ3) is 3.15. The van der Waals surface area contributed by atoms with Gasteiger partial charge in [0.15, 0.2) is 0 Å². The summed E-state index contributed by atoms with van der Waals surface area (Å²) in [4.78, 5) is 31.8. The lowest BCUT2D eigenvalue weighted by Gasteiger charge is -2.22. The van der Waals surface area contributed by atoms with Gasteiger partial charge < -0.3 is 10.3 Å². The molecule has 1 aliphatic carbocycles. The Morgan fingerprint density at radius 3 is 2.81 bits per heavy atom. The minimum atomic E-state index is -0.437. The van der Waals surface area contributed by atoms with E-state index < -0.39 is 11.5 Å². The summed E-state index contributed by atoms with van der Waals surface area (Å²) in [5, 5.41) is 9.93. The number of hydrogen-bond donors (Lipinski definition) is 3. The number of fused-ring (bicyclic) bond motifs is 1. The van der Waals surface area contributed by atoms with Crippen LogP contribution in [0.5, 0.6) is 0 Å². The second kappa shape index (κ2) is 6.59. The van der Waals surface area contributed by atoms with Crippen LogP contribution in [0.1, 0.15) is 33.6 Å². The standard InChI is InChI=1S/C19H19N5O2/c1-11-2-4-12(5-3-11)17-20-10-15(19(26)23-17)18(25)22-14-6-7-16-13(8-14)9-21-24-16/h2-5,9-10,14H,6-8H2,1H3,(H,21,24)(H,22,25)(H,20,23,26). The molecular formula is C19H19N5O2. The van der Waals surface area contributed by atoms with Crippen LogP contribution in [0.25, 0.3) is 11.4 Å². The number of carbonyl (C=O) groups is 1. The lowest BCUT2D eigenvalue weighted by Crippen LogP contribution is -2.40. The lowest BCUT2D eigenvalue weighted by atomic mass is 9.93. The molecule has 0 saturated heterocycles. The molecule has 1 aliphatic rings. The quantitative estimate of drug-likeness (QED) is 0.670. The highest BCUT2D eigenvalue weighted by molar-refractivity contribution is 5.93. The Hall–Kier alpha value is -3.22. The summed E-state index contributed by atoms with van der Waals surface area (Å²) in [5.74, 6) is 0.0541. The van der Waals surface area contributed by atoms with E-state index in [0.717, 1.165) is 35.2 Å². The monoisotopic (exact) mass is 349 g/mol. The highest BCUT2D eigenvalue weighted by Gasteiger charge is 2.23. The smallest absolute Gasteiger partial charge is 0.264 e. The third-order valence-corrected chi connectivity index (χ3v) is 4.72. The molecule has 1 aromatic carbocycles. The van der Waals surface area contributed by atoms with Crippen molar-refractivity contribution >= 4 is 5.91 Å². The fourth-order valence-electron chi connectivity index (χ4n) is 3.22. The number of H-pyrrole nitrogens is 2. The molecule has 7 heteroatoms. The van der Waals surface area contributed by atoms with Gasteiger partial charge in [-0.25, -0.2) is 4.98 Å². The Bertz CT molecular complexity index is 1000. The van der Waals surface area contributed by atoms with Crippen LogP contribution in [0, 0.1) is 6.92 Å². The number of benzene rings is 1. The predicted molar refractivity (Wildman–Crippen MR) is 96.9 cm³/mol. The number of rotatable bonds is 3. The van der Waals surface area contributed by atoms with E-state index in [1.807, 2.05) is 31.2 Å². The van der Waals surface area contributed by atoms with Crippen molar-refractivity contribution in [2.24, 2.45) is 0 Å². The molecule has 4 rings (SSSR count). The van der Waals surface area contributed by atoms with Crippen LogP contribution in [0.15, 0.2) is 41.5 Å². The topological polar surface area (TPSA) is 104 Å². The first kappa shape index (κ1) is 16.3. The van der Waals surface area contributed by atoms with E-state index in [9.17, 15) is 9.59 Å². The summed E-state index contributed by atoms with van der Waals surface area (Å²) in [6.07, 6.45) is 5.49. The Kier molecular flexibility index (Phi) is 4.12. The predicted octanol–water partition coefficient (Wildman–Crippen LogP) is 1.76. The van der Waals surface area contributed by atoms with Crippen LogP contribution in [0.3, 0.4) is 0 Å². The molecule has 1 amide bonds. The second-order valence-electron chi connectivity index (χ2n) is 6.63. The molecule has 0 saturated carbocycles. The largest absolute Gasteiger partial charge is 0.349 e. The van der Waals surface area contributed by atoms with Crippen LogP contribution in [-0.4, -0.2) is 32.1 Å². The van der Waals surface area contributed by atoms with E-state index in [-0.39, 0.29) is 11.6 Å². The molecule has 1 atom stereocenters. The van der Waals surface area contributed by atoms with Gasteiger partial charge in [0.05, 0.1) is 6.20 Å². The number of carbonyl (C=O) groups excluding carboxylic acids is 1. The number of aromatic amines is 2. The number of nitrogens with one attached hydrogen (secondary N) is 3. The molecule has 0 aliphatic heterocycles. The maximum absolute atomic E-state index is 12.5. The fraction of sp³-hybridized carbons (Fsp3) is 0.263. The molecule has 1 unspecified atom stereocenters. The van der Waals surface area contributed by atoms with Crippen LogP contribution < -0.4 is 10.9 Å². The van der Waals surface area contributed by atoms with Crippen molar-refractivity contribution in [3.63, 3.8) is 0 Å². The second-order valence-corrected chi connectivity index (χ2v) is 6.63. The summed E-state index contributed by atoms with van der Waals surface area (Å²) >= 11 is 0. The maximum atomic E-state index is 12.5. The lowest BCUT2D eigenvalue weighted by molar-refractivity contribution is 0.0931. The normalized spacial score (nSPS) is 16.1. The van der Waals surface area contributed by atoms with Gasteiger partial charge >= 0.3 is 0 Å². The molecular weight excluding hydrogens is 330 g/mol. The third-order valence-electron chi connectivity index (χ3n) is 4.72. The Balaban J connectivity index is 1.50. The molecule has 2 aromatic heterocycles. The van der Waals surface area contributed by atoms with Gasteiger partial charge in [0.1, 0.15) is 11.4 Å². The first-order chi connectivity index (χ1) is 12.6. The molecule has 0 spiro atoms. The van der Waals surface area contributed by atoms with Crippen molar-refractivity contribution in [3.05, 3.63) is 69.4 Å². The summed E-state index contributed by atoms with van der Waals surface area (Å²) < 4.78 is 0. The molecule has 0 fully saturated rings. The van der Waals surface area contributed by atoms with Crippen molar-refractivity contribution in [2.45, 2.75) is 32.2 Å². The van der Waals surface area contributed by atoms with Gasteiger partial charge in [-0.1, -0.05) is 29.8 Å². The number of hydrogen-bond acceptors (Lipinski definition) is 4. The highest BCUT2D eigenvalue weighted by atomic mass is 16.2. The molecule has 2 heterocycles. The van der Waals surface area contributed by atoms with E-state index in [2.05, 4.69) is 25.5 Å². The van der Waals surface area contributed by atoms with Gasteiger partial charge in [0.25, 0.3) is 11.5 Å². The summed E-state index contributed by atoms with van der Waals surface area (Å²) in [5.41, 5.74) is 3.76. The highest BCUT2D eigenvalue weighted by Crippen LogP contribution is 2.19. The fourth-order valence-corrected chi connectivity index (χ4v) is 3.22. The van der Waals surface area contributed by atoms with Crippen molar-refractivity contribution in [1.82, 2.24) is 25.5 Å². The minimum absolute atomic E-state index is 0.0104. The van der Waals surface area contributed by atoms with Crippen molar-refractivity contribution < 1.29 is 4.79 Å². The average molecular weight is 349 g/mol. The molecule has 0 radical (unpaired) electrons. The Morgan fingerprint density at radius 1 is 1.23 bits per heavy atom. The van der Waals surface area contributed by atoms with Crippen LogP contribution in [-0.2, 0) is 12.8 Å². The molecule has 7 nitrogen and oxygen atoms in total. The molecule has 26 heavy (non-hydrogen) atoms. The van der Waals surface area contributed by atoms with E-state index in [4.69, 9.17) is 0 Å². The van der Waals surface area contributed by atoms with Crippen LogP contribution in [0.4, 0.5) is 0 Å². The summed E-state index contributed by atoms with van der Waals surface area (Å²) in [6, 6.07) is 7.66. The number of amides is 1. The first-order valence-electron chi connectivity index (χ1n) is 8.58. The van der Waals surface area contributed by atoms with E-state index in [1.165, 1.54) is 6.20 Å². The summed E-state index contributed by atoms with van der Waals surface area (Å²) in [6.45, 7) is 1.99.